The third-order valence-corrected chi connectivity index (χ3v) is 1.57. The molecule has 0 saturated carbocycles. The van der Waals surface area contributed by atoms with Gasteiger partial charge in [-0.2, -0.15) is 0 Å². The molecule has 1 atom stereocenters. The number of rotatable bonds is 1. The van der Waals surface area contributed by atoms with Gasteiger partial charge in [0.15, 0.2) is 11.5 Å². The van der Waals surface area contributed by atoms with Crippen LogP contribution >= 0.6 is 0 Å². The van der Waals surface area contributed by atoms with Crippen LogP contribution in [0.15, 0.2) is 11.8 Å². The van der Waals surface area contributed by atoms with Gasteiger partial charge in [-0.25, -0.2) is 0 Å². The van der Waals surface area contributed by atoms with Gasteiger partial charge >= 0.3 is 0 Å². The van der Waals surface area contributed by atoms with Crippen LogP contribution in [-0.4, -0.2) is 12.9 Å². The highest BCUT2D eigenvalue weighted by molar-refractivity contribution is 5.97. The number of Topliss-reactive ketones (excluding diaryl/α,β-unsaturated/α-hetero) is 1. The van der Waals surface area contributed by atoms with E-state index in [2.05, 4.69) is 0 Å². The van der Waals surface area contributed by atoms with Gasteiger partial charge in [0.05, 0.1) is 7.11 Å². The van der Waals surface area contributed by atoms with Crippen molar-refractivity contribution in [3.63, 3.8) is 0 Å². The smallest absolute Gasteiger partial charge is 0.200 e. The Morgan fingerprint density at radius 1 is 1.78 bits per heavy atom. The number of ketones is 1. The maximum Gasteiger partial charge on any atom is 0.200 e. The Bertz CT molecular complexity index is 158. The Morgan fingerprint density at radius 2 is 2.44 bits per heavy atom. The summed E-state index contributed by atoms with van der Waals surface area (Å²) in [4.78, 5) is 10.9. The van der Waals surface area contributed by atoms with Crippen LogP contribution in [-0.2, 0) is 9.53 Å². The van der Waals surface area contributed by atoms with Crippen molar-refractivity contribution >= 4 is 5.78 Å². The molecular formula is C7H10O2. The van der Waals surface area contributed by atoms with Crippen LogP contribution in [0.1, 0.15) is 13.3 Å². The van der Waals surface area contributed by atoms with Gasteiger partial charge in [-0.3, -0.25) is 4.79 Å². The molecule has 0 aromatic rings. The van der Waals surface area contributed by atoms with Gasteiger partial charge in [0.25, 0.3) is 0 Å². The molecule has 0 heterocycles. The monoisotopic (exact) mass is 126 g/mol. The average Bonchev–Trinajstić information content (AvgIpc) is 2.15. The molecule has 0 fully saturated rings. The molecule has 1 rings (SSSR count). The number of hydrogen-bond acceptors (Lipinski definition) is 2. The minimum Gasteiger partial charge on any atom is -0.493 e. The zero-order valence-electron chi connectivity index (χ0n) is 5.68. The first-order valence-corrected chi connectivity index (χ1v) is 3.04. The van der Waals surface area contributed by atoms with Crippen LogP contribution < -0.4 is 0 Å². The molecule has 1 aliphatic carbocycles. The topological polar surface area (TPSA) is 26.3 Å². The van der Waals surface area contributed by atoms with Crippen molar-refractivity contribution in [2.75, 3.05) is 7.11 Å². The lowest BCUT2D eigenvalue weighted by Crippen LogP contribution is -2.06. The van der Waals surface area contributed by atoms with Crippen molar-refractivity contribution in [1.29, 1.82) is 0 Å². The van der Waals surface area contributed by atoms with Crippen molar-refractivity contribution < 1.29 is 9.53 Å². The summed E-state index contributed by atoms with van der Waals surface area (Å²) in [5, 5.41) is 0. The third kappa shape index (κ3) is 0.969. The van der Waals surface area contributed by atoms with Gasteiger partial charge in [-0.15, -0.1) is 0 Å². The number of carbonyl (C=O) groups excluding carboxylic acids is 1. The van der Waals surface area contributed by atoms with Gasteiger partial charge < -0.3 is 4.74 Å². The molecule has 0 aromatic heterocycles. The van der Waals surface area contributed by atoms with Gasteiger partial charge in [0, 0.05) is 5.92 Å². The second kappa shape index (κ2) is 2.21. The molecule has 1 unspecified atom stereocenters. The second-order valence-electron chi connectivity index (χ2n) is 2.27. The fourth-order valence-electron chi connectivity index (χ4n) is 0.918. The molecule has 2 heteroatoms. The zero-order valence-corrected chi connectivity index (χ0v) is 5.68. The fourth-order valence-corrected chi connectivity index (χ4v) is 0.918. The molecule has 2 nitrogen and oxygen atoms in total. The Kier molecular flexibility index (Phi) is 1.56. The average molecular weight is 126 g/mol. The number of methoxy groups -OCH3 is 1. The molecule has 0 amide bonds. The summed E-state index contributed by atoms with van der Waals surface area (Å²) in [6, 6.07) is 0. The van der Waals surface area contributed by atoms with Crippen molar-refractivity contribution in [3.05, 3.63) is 11.8 Å². The largest absolute Gasteiger partial charge is 0.493 e. The van der Waals surface area contributed by atoms with E-state index in [1.807, 2.05) is 13.0 Å². The Labute approximate surface area is 54.5 Å². The van der Waals surface area contributed by atoms with E-state index >= 15 is 0 Å². The van der Waals surface area contributed by atoms with Crippen LogP contribution in [0.25, 0.3) is 0 Å². The van der Waals surface area contributed by atoms with E-state index < -0.39 is 0 Å². The zero-order chi connectivity index (χ0) is 6.85. The highest BCUT2D eigenvalue weighted by Gasteiger charge is 2.23. The number of allylic oxidation sites excluding steroid dienone is 2. The predicted octanol–water partition coefficient (Wildman–Crippen LogP) is 1.13. The first-order valence-electron chi connectivity index (χ1n) is 3.04. The van der Waals surface area contributed by atoms with Crippen molar-refractivity contribution in [3.8, 4) is 0 Å². The van der Waals surface area contributed by atoms with Crippen molar-refractivity contribution in [2.45, 2.75) is 13.3 Å². The highest BCUT2D eigenvalue weighted by atomic mass is 16.5. The molecule has 0 saturated heterocycles. The van der Waals surface area contributed by atoms with Gasteiger partial charge in [-0.05, 0) is 12.5 Å². The molecule has 9 heavy (non-hydrogen) atoms. The summed E-state index contributed by atoms with van der Waals surface area (Å²) < 4.78 is 4.81. The molecule has 50 valence electrons. The molecule has 0 radical (unpaired) electrons. The summed E-state index contributed by atoms with van der Waals surface area (Å²) in [6.07, 6.45) is 2.68. The van der Waals surface area contributed by atoms with E-state index in [4.69, 9.17) is 4.74 Å². The quantitative estimate of drug-likeness (QED) is 0.526. The summed E-state index contributed by atoms with van der Waals surface area (Å²) in [5.74, 6) is 0.806. The van der Waals surface area contributed by atoms with Crippen LogP contribution in [0.2, 0.25) is 0 Å². The van der Waals surface area contributed by atoms with Gasteiger partial charge in [0.1, 0.15) is 0 Å². The van der Waals surface area contributed by atoms with Crippen molar-refractivity contribution in [2.24, 2.45) is 5.92 Å². The van der Waals surface area contributed by atoms with Crippen molar-refractivity contribution in [1.82, 2.24) is 0 Å². The predicted molar refractivity (Wildman–Crippen MR) is 33.9 cm³/mol. The van der Waals surface area contributed by atoms with E-state index in [-0.39, 0.29) is 11.7 Å². The minimum absolute atomic E-state index is 0.137. The molecule has 0 bridgehead atoms. The molecule has 0 aliphatic heterocycles. The lowest BCUT2D eigenvalue weighted by molar-refractivity contribution is -0.120. The van der Waals surface area contributed by atoms with Crippen LogP contribution in [0, 0.1) is 5.92 Å². The highest BCUT2D eigenvalue weighted by Crippen LogP contribution is 2.19. The minimum atomic E-state index is 0.137. The molecular weight excluding hydrogens is 116 g/mol. The van der Waals surface area contributed by atoms with Crippen LogP contribution in [0.5, 0.6) is 0 Å². The normalized spacial score (nSPS) is 26.2. The molecule has 0 spiro atoms. The SMILES string of the molecule is COC1=CCC(C)C1=O. The lowest BCUT2D eigenvalue weighted by atomic mass is 10.1. The second-order valence-corrected chi connectivity index (χ2v) is 2.27. The van der Waals surface area contributed by atoms with E-state index in [1.165, 1.54) is 7.11 Å². The van der Waals surface area contributed by atoms with Crippen LogP contribution in [0.3, 0.4) is 0 Å². The summed E-state index contributed by atoms with van der Waals surface area (Å²) in [5.41, 5.74) is 0. The van der Waals surface area contributed by atoms with Gasteiger partial charge in [0.2, 0.25) is 0 Å². The maximum atomic E-state index is 10.9. The van der Waals surface area contributed by atoms with E-state index in [9.17, 15) is 4.79 Å². The van der Waals surface area contributed by atoms with Crippen LogP contribution in [0.4, 0.5) is 0 Å². The van der Waals surface area contributed by atoms with E-state index in [0.717, 1.165) is 6.42 Å². The molecule has 1 aliphatic rings. The van der Waals surface area contributed by atoms with E-state index in [1.54, 1.807) is 0 Å². The summed E-state index contributed by atoms with van der Waals surface area (Å²) in [6.45, 7) is 1.91. The fraction of sp³-hybridized carbons (Fsp3) is 0.571. The third-order valence-electron chi connectivity index (χ3n) is 1.57. The Balaban J connectivity index is 2.67. The lowest BCUT2D eigenvalue weighted by Gasteiger charge is -1.99. The number of ether oxygens (including phenoxy) is 1. The Morgan fingerprint density at radius 3 is 2.67 bits per heavy atom. The summed E-state index contributed by atoms with van der Waals surface area (Å²) in [7, 11) is 1.53. The molecule has 0 N–H and O–H groups in total. The van der Waals surface area contributed by atoms with Gasteiger partial charge in [-0.1, -0.05) is 6.92 Å². The number of hydrogen-bond donors (Lipinski definition) is 0. The van der Waals surface area contributed by atoms with E-state index in [0.29, 0.717) is 5.76 Å². The first kappa shape index (κ1) is 6.33. The first-order chi connectivity index (χ1) is 4.25. The number of carbonyl (C=O) groups is 1. The standard InChI is InChI=1S/C7H10O2/c1-5-3-4-6(9-2)7(5)8/h4-5H,3H2,1-2H3. The maximum absolute atomic E-state index is 10.9. The summed E-state index contributed by atoms with van der Waals surface area (Å²) >= 11 is 0. The Hall–Kier alpha value is -0.790. The molecule has 0 aromatic carbocycles.